The molecule has 9 nitrogen and oxygen atoms in total. The van der Waals surface area contributed by atoms with E-state index in [1.807, 2.05) is 18.7 Å². The molecule has 4 fully saturated rings. The third-order valence-corrected chi connectivity index (χ3v) is 12.0. The van der Waals surface area contributed by atoms with Gasteiger partial charge in [-0.2, -0.15) is 0 Å². The van der Waals surface area contributed by atoms with Crippen molar-refractivity contribution in [2.75, 3.05) is 65.6 Å². The van der Waals surface area contributed by atoms with Gasteiger partial charge in [0.1, 0.15) is 4.83 Å². The molecule has 0 aliphatic carbocycles. The second-order valence-corrected chi connectivity index (χ2v) is 15.4. The summed E-state index contributed by atoms with van der Waals surface area (Å²) in [6, 6.07) is 9.31. The number of nitrogens with one attached hydrogen (secondary N) is 1. The minimum absolute atomic E-state index is 0.0873. The lowest BCUT2D eigenvalue weighted by atomic mass is 9.88. The van der Waals surface area contributed by atoms with Gasteiger partial charge in [-0.1, -0.05) is 17.2 Å². The van der Waals surface area contributed by atoms with Gasteiger partial charge < -0.3 is 19.5 Å². The smallest absolute Gasteiger partial charge is 0.236 e. The highest BCUT2D eigenvalue weighted by Gasteiger charge is 2.47. The average molecular weight is 646 g/mol. The molecule has 1 aromatic carbocycles. The summed E-state index contributed by atoms with van der Waals surface area (Å²) in [5, 5.41) is 0.916. The van der Waals surface area contributed by atoms with E-state index in [9.17, 15) is 14.4 Å². The van der Waals surface area contributed by atoms with Crippen molar-refractivity contribution in [3.63, 3.8) is 0 Å². The molecular formula is C36H47N5O4S. The number of piperazine rings is 1. The Bertz CT molecular complexity index is 1600. The number of carbonyl (C=O) groups is 3. The number of carbonyl (C=O) groups excluding carboxylic acids is 3. The summed E-state index contributed by atoms with van der Waals surface area (Å²) in [5.41, 5.74) is 4.24. The van der Waals surface area contributed by atoms with E-state index >= 15 is 0 Å². The Morgan fingerprint density at radius 1 is 0.848 bits per heavy atom. The summed E-state index contributed by atoms with van der Waals surface area (Å²) in [5.74, 6) is 0.464. The number of ketones is 1. The van der Waals surface area contributed by atoms with Gasteiger partial charge in [0.2, 0.25) is 11.8 Å². The zero-order chi connectivity index (χ0) is 32.2. The number of Topliss-reactive ketones (excluding diaryl/α,β-unsaturated/α-hetero) is 1. The van der Waals surface area contributed by atoms with Crippen LogP contribution in [0, 0.1) is 13.8 Å². The van der Waals surface area contributed by atoms with Gasteiger partial charge in [-0.25, -0.2) is 0 Å². The molecule has 4 aliphatic rings. The predicted octanol–water partition coefficient (Wildman–Crippen LogP) is 4.60. The first-order valence-electron chi connectivity index (χ1n) is 17.0. The number of benzene rings is 1. The first kappa shape index (κ1) is 31.5. The van der Waals surface area contributed by atoms with Crippen LogP contribution in [0.2, 0.25) is 0 Å². The van der Waals surface area contributed by atoms with Crippen LogP contribution in [0.3, 0.4) is 0 Å². The van der Waals surface area contributed by atoms with Crippen LogP contribution in [0.5, 0.6) is 0 Å². The third-order valence-electron chi connectivity index (χ3n) is 10.7. The molecule has 0 atom stereocenters. The number of fused-ring (bicyclic) bond motifs is 3. The number of aryl methyl sites for hydroxylation is 2. The summed E-state index contributed by atoms with van der Waals surface area (Å²) in [6.07, 6.45) is 4.48. The number of thiophene rings is 1. The lowest BCUT2D eigenvalue weighted by Gasteiger charge is -2.35. The van der Waals surface area contributed by atoms with Crippen molar-refractivity contribution in [1.29, 1.82) is 0 Å². The minimum atomic E-state index is -0.662. The fraction of sp³-hybridized carbons (Fsp3) is 0.583. The lowest BCUT2D eigenvalue weighted by molar-refractivity contribution is -0.137. The minimum Gasteiger partial charge on any atom is -0.378 e. The summed E-state index contributed by atoms with van der Waals surface area (Å²) >= 11 is 1.61. The molecule has 6 heterocycles. The molecule has 4 aliphatic heterocycles. The van der Waals surface area contributed by atoms with E-state index in [-0.39, 0.29) is 17.6 Å². The fourth-order valence-corrected chi connectivity index (χ4v) is 9.24. The largest absolute Gasteiger partial charge is 0.378 e. The monoisotopic (exact) mass is 645 g/mol. The summed E-state index contributed by atoms with van der Waals surface area (Å²) in [4.78, 5) is 55.1. The van der Waals surface area contributed by atoms with Gasteiger partial charge in [0.15, 0.2) is 5.78 Å². The fourth-order valence-electron chi connectivity index (χ4n) is 8.08. The second-order valence-electron chi connectivity index (χ2n) is 14.4. The zero-order valence-electron chi connectivity index (χ0n) is 27.7. The van der Waals surface area contributed by atoms with Gasteiger partial charge in [0.05, 0.1) is 43.0 Å². The van der Waals surface area contributed by atoms with E-state index in [0.717, 1.165) is 94.9 Å². The van der Waals surface area contributed by atoms with Crippen molar-refractivity contribution >= 4 is 39.2 Å². The maximum atomic E-state index is 14.3. The molecule has 0 radical (unpaired) electrons. The molecule has 0 unspecified atom stereocenters. The van der Waals surface area contributed by atoms with Crippen LogP contribution in [0.25, 0.3) is 21.5 Å². The van der Waals surface area contributed by atoms with Gasteiger partial charge in [0, 0.05) is 61.6 Å². The third kappa shape index (κ3) is 5.93. The Labute approximate surface area is 275 Å². The van der Waals surface area contributed by atoms with Crippen molar-refractivity contribution < 1.29 is 19.1 Å². The first-order valence-corrected chi connectivity index (χ1v) is 17.8. The quantitative estimate of drug-likeness (QED) is 0.361. The number of aromatic nitrogens is 1. The normalized spacial score (nSPS) is 22.7. The highest BCUT2D eigenvalue weighted by atomic mass is 32.1. The topological polar surface area (TPSA) is 89.2 Å². The van der Waals surface area contributed by atoms with Crippen LogP contribution >= 0.6 is 11.3 Å². The maximum Gasteiger partial charge on any atom is 0.236 e. The van der Waals surface area contributed by atoms with E-state index < -0.39 is 5.41 Å². The molecule has 0 spiro atoms. The number of rotatable bonds is 8. The molecule has 1 N–H and O–H groups in total. The summed E-state index contributed by atoms with van der Waals surface area (Å²) in [7, 11) is 0. The number of amides is 2. The Hall–Kier alpha value is -3.05. The average Bonchev–Trinajstić information content (AvgIpc) is 3.82. The number of aromatic amines is 1. The number of nitrogens with zero attached hydrogens (tertiary/aromatic N) is 4. The Morgan fingerprint density at radius 2 is 1.43 bits per heavy atom. The molecular weight excluding hydrogens is 598 g/mol. The molecule has 3 aromatic rings. The van der Waals surface area contributed by atoms with Crippen molar-refractivity contribution in [2.24, 2.45) is 0 Å². The second kappa shape index (κ2) is 12.5. The molecule has 4 saturated heterocycles. The van der Waals surface area contributed by atoms with Crippen molar-refractivity contribution in [1.82, 2.24) is 24.6 Å². The first-order chi connectivity index (χ1) is 22.1. The molecule has 10 heteroatoms. The summed E-state index contributed by atoms with van der Waals surface area (Å²) < 4.78 is 5.39. The van der Waals surface area contributed by atoms with Gasteiger partial charge in [-0.15, -0.1) is 11.3 Å². The Kier molecular flexibility index (Phi) is 8.59. The Morgan fingerprint density at radius 3 is 2.04 bits per heavy atom. The van der Waals surface area contributed by atoms with Crippen molar-refractivity contribution in [3.8, 4) is 11.3 Å². The van der Waals surface area contributed by atoms with Crippen LogP contribution in [0.15, 0.2) is 24.3 Å². The molecule has 2 bridgehead atoms. The number of ether oxygens (including phenoxy) is 1. The van der Waals surface area contributed by atoms with Gasteiger partial charge in [-0.3, -0.25) is 24.2 Å². The van der Waals surface area contributed by atoms with E-state index in [1.165, 1.54) is 0 Å². The van der Waals surface area contributed by atoms with E-state index in [0.29, 0.717) is 51.5 Å². The van der Waals surface area contributed by atoms with E-state index in [2.05, 4.69) is 57.8 Å². The maximum absolute atomic E-state index is 14.3. The highest BCUT2D eigenvalue weighted by Crippen LogP contribution is 2.44. The molecule has 246 valence electrons. The standard InChI is InChI=1S/C36H47N5O4S/c1-23-17-24(2)19-25(18-23)33-32(29(42)21-38-9-11-39(12-10-38)22-31(43)40-13-15-45-16-14-40)28-20-30(46-34(28)37-33)36(3,4)35(44)41-26-5-6-27(41)8-7-26/h17-20,26-27,37H,5-16,21-22H2,1-4H3. The molecule has 46 heavy (non-hydrogen) atoms. The Balaban J connectivity index is 1.12. The van der Waals surface area contributed by atoms with E-state index in [1.54, 1.807) is 11.3 Å². The van der Waals surface area contributed by atoms with Gasteiger partial charge in [0.25, 0.3) is 0 Å². The van der Waals surface area contributed by atoms with E-state index in [4.69, 9.17) is 4.74 Å². The van der Waals surface area contributed by atoms with Crippen LogP contribution in [0.1, 0.15) is 65.9 Å². The number of morpholine rings is 1. The van der Waals surface area contributed by atoms with Gasteiger partial charge in [-0.05, 0) is 77.1 Å². The van der Waals surface area contributed by atoms with Crippen LogP contribution in [0.4, 0.5) is 0 Å². The lowest BCUT2D eigenvalue weighted by Crippen LogP contribution is -2.52. The van der Waals surface area contributed by atoms with Crippen LogP contribution < -0.4 is 0 Å². The zero-order valence-corrected chi connectivity index (χ0v) is 28.5. The predicted molar refractivity (Wildman–Crippen MR) is 182 cm³/mol. The van der Waals surface area contributed by atoms with Crippen molar-refractivity contribution in [3.05, 3.63) is 45.8 Å². The number of hydrogen-bond donors (Lipinski definition) is 1. The highest BCUT2D eigenvalue weighted by molar-refractivity contribution is 7.19. The van der Waals surface area contributed by atoms with Crippen LogP contribution in [-0.4, -0.2) is 120 Å². The van der Waals surface area contributed by atoms with Crippen LogP contribution in [-0.2, 0) is 19.7 Å². The molecule has 0 saturated carbocycles. The SMILES string of the molecule is Cc1cc(C)cc(-c2[nH]c3sc(C(C)(C)C(=O)N4C5CCC4CC5)cc3c2C(=O)CN2CCN(CC(=O)N3CCOCC3)CC2)c1. The molecule has 2 aromatic heterocycles. The number of H-pyrrole nitrogens is 1. The summed E-state index contributed by atoms with van der Waals surface area (Å²) in [6.45, 7) is 14.5. The van der Waals surface area contributed by atoms with Crippen molar-refractivity contribution in [2.45, 2.75) is 70.9 Å². The number of hydrogen-bond acceptors (Lipinski definition) is 7. The molecule has 7 rings (SSSR count). The van der Waals surface area contributed by atoms with Gasteiger partial charge >= 0.3 is 0 Å². The molecule has 2 amide bonds.